The molecule has 0 bridgehead atoms. The van der Waals surface area contributed by atoms with Gasteiger partial charge in [-0.15, -0.1) is 0 Å². The number of fused-ring (bicyclic) bond motifs is 1. The second kappa shape index (κ2) is 6.67. The van der Waals surface area contributed by atoms with Crippen LogP contribution in [0, 0.1) is 0 Å². The second-order valence-electron chi connectivity index (χ2n) is 7.43. The lowest BCUT2D eigenvalue weighted by atomic mass is 9.90. The molecule has 0 spiro atoms. The van der Waals surface area contributed by atoms with Crippen molar-refractivity contribution >= 4 is 34.5 Å². The van der Waals surface area contributed by atoms with Crippen molar-refractivity contribution < 1.29 is 9.53 Å². The largest absolute Gasteiger partial charge is 0.444 e. The van der Waals surface area contributed by atoms with Crippen LogP contribution in [0.15, 0.2) is 18.3 Å². The van der Waals surface area contributed by atoms with Crippen LogP contribution in [0.5, 0.6) is 0 Å². The molecule has 2 heterocycles. The van der Waals surface area contributed by atoms with Crippen LogP contribution in [0.2, 0.25) is 5.02 Å². The van der Waals surface area contributed by atoms with Gasteiger partial charge in [-0.2, -0.15) is 0 Å². The summed E-state index contributed by atoms with van der Waals surface area (Å²) in [5.41, 5.74) is 6.94. The summed E-state index contributed by atoms with van der Waals surface area (Å²) in [6.07, 6.45) is 3.26. The first kappa shape index (κ1) is 17.7. The fourth-order valence-electron chi connectivity index (χ4n) is 3.12. The van der Waals surface area contributed by atoms with Gasteiger partial charge >= 0.3 is 6.09 Å². The highest BCUT2D eigenvalue weighted by molar-refractivity contribution is 6.32. The number of nitrogen functional groups attached to an aromatic ring is 1. The lowest BCUT2D eigenvalue weighted by Gasteiger charge is -2.34. The van der Waals surface area contributed by atoms with Gasteiger partial charge < -0.3 is 15.4 Å². The maximum absolute atomic E-state index is 12.4. The Morgan fingerprint density at radius 3 is 2.88 bits per heavy atom. The average Bonchev–Trinajstić information content (AvgIpc) is 2.53. The number of nitrogens with two attached hydrogens (primary N) is 1. The minimum Gasteiger partial charge on any atom is -0.444 e. The molecule has 7 heteroatoms. The quantitative estimate of drug-likeness (QED) is 0.829. The predicted octanol–water partition coefficient (Wildman–Crippen LogP) is 3.98. The zero-order chi connectivity index (χ0) is 18.2. The van der Waals surface area contributed by atoms with Gasteiger partial charge in [0.15, 0.2) is 0 Å². The highest BCUT2D eigenvalue weighted by Gasteiger charge is 2.29. The number of hydrogen-bond donors (Lipinski definition) is 1. The molecule has 2 N–H and O–H groups in total. The summed E-state index contributed by atoms with van der Waals surface area (Å²) in [5.74, 6) is 0.383. The molecule has 1 unspecified atom stereocenters. The summed E-state index contributed by atoms with van der Waals surface area (Å²) in [5, 5.41) is 1.51. The minimum atomic E-state index is -0.501. The van der Waals surface area contributed by atoms with Crippen LogP contribution in [0.3, 0.4) is 0 Å². The number of anilines is 1. The van der Waals surface area contributed by atoms with Crippen LogP contribution in [-0.2, 0) is 4.74 Å². The van der Waals surface area contributed by atoms with E-state index >= 15 is 0 Å². The third-order valence-electron chi connectivity index (χ3n) is 4.23. The molecular weight excluding hydrogens is 340 g/mol. The number of rotatable bonds is 1. The summed E-state index contributed by atoms with van der Waals surface area (Å²) < 4.78 is 5.49. The monoisotopic (exact) mass is 362 g/mol. The zero-order valence-electron chi connectivity index (χ0n) is 14.8. The number of carbonyl (C=O) groups is 1. The van der Waals surface area contributed by atoms with Crippen molar-refractivity contribution in [2.75, 3.05) is 18.8 Å². The van der Waals surface area contributed by atoms with Crippen LogP contribution in [0.1, 0.15) is 45.1 Å². The van der Waals surface area contributed by atoms with Gasteiger partial charge in [0.05, 0.1) is 5.52 Å². The van der Waals surface area contributed by atoms with Gasteiger partial charge in [-0.1, -0.05) is 11.6 Å². The molecular formula is C18H23ClN4O2. The molecule has 134 valence electrons. The number of piperidine rings is 1. The van der Waals surface area contributed by atoms with Crippen molar-refractivity contribution in [2.45, 2.75) is 45.1 Å². The Morgan fingerprint density at radius 2 is 2.16 bits per heavy atom. The van der Waals surface area contributed by atoms with Crippen molar-refractivity contribution in [2.24, 2.45) is 0 Å². The maximum Gasteiger partial charge on any atom is 0.410 e. The van der Waals surface area contributed by atoms with Gasteiger partial charge in [0.1, 0.15) is 5.60 Å². The van der Waals surface area contributed by atoms with E-state index in [4.69, 9.17) is 22.1 Å². The van der Waals surface area contributed by atoms with E-state index in [0.29, 0.717) is 18.1 Å². The van der Waals surface area contributed by atoms with Crippen LogP contribution in [0.25, 0.3) is 10.9 Å². The van der Waals surface area contributed by atoms with Crippen molar-refractivity contribution in [3.05, 3.63) is 28.9 Å². The highest BCUT2D eigenvalue weighted by Crippen LogP contribution is 2.34. The second-order valence-corrected chi connectivity index (χ2v) is 7.83. The molecule has 0 saturated carbocycles. The van der Waals surface area contributed by atoms with Gasteiger partial charge in [-0.3, -0.25) is 0 Å². The fourth-order valence-corrected chi connectivity index (χ4v) is 3.44. The summed E-state index contributed by atoms with van der Waals surface area (Å²) in [6.45, 7) is 6.90. The third kappa shape index (κ3) is 4.12. The molecule has 1 atom stereocenters. The number of carbonyl (C=O) groups excluding carboxylic acids is 1. The van der Waals surface area contributed by atoms with Crippen LogP contribution in [0.4, 0.5) is 10.7 Å². The van der Waals surface area contributed by atoms with Crippen molar-refractivity contribution in [3.8, 4) is 0 Å². The minimum absolute atomic E-state index is 0.148. The van der Waals surface area contributed by atoms with Crippen molar-refractivity contribution in [1.82, 2.24) is 14.9 Å². The molecule has 25 heavy (non-hydrogen) atoms. The Labute approximate surface area is 152 Å². The van der Waals surface area contributed by atoms with E-state index in [-0.39, 0.29) is 18.0 Å². The zero-order valence-corrected chi connectivity index (χ0v) is 15.5. The van der Waals surface area contributed by atoms with Crippen LogP contribution >= 0.6 is 11.6 Å². The predicted molar refractivity (Wildman–Crippen MR) is 98.7 cm³/mol. The van der Waals surface area contributed by atoms with Crippen LogP contribution < -0.4 is 5.73 Å². The number of nitrogens with zero attached hydrogens (tertiary/aromatic N) is 3. The third-order valence-corrected chi connectivity index (χ3v) is 4.56. The topological polar surface area (TPSA) is 81.3 Å². The molecule has 2 aromatic rings. The smallest absolute Gasteiger partial charge is 0.410 e. The van der Waals surface area contributed by atoms with E-state index in [2.05, 4.69) is 9.97 Å². The number of ether oxygens (including phenoxy) is 1. The van der Waals surface area contributed by atoms with Gasteiger partial charge in [0.25, 0.3) is 0 Å². The van der Waals surface area contributed by atoms with Crippen molar-refractivity contribution in [3.63, 3.8) is 0 Å². The molecule has 6 nitrogen and oxygen atoms in total. The number of benzene rings is 1. The first-order valence-electron chi connectivity index (χ1n) is 8.42. The molecule has 0 aliphatic carbocycles. The summed E-state index contributed by atoms with van der Waals surface area (Å²) in [7, 11) is 0. The van der Waals surface area contributed by atoms with E-state index in [1.165, 1.54) is 0 Å². The normalized spacial score (nSPS) is 18.4. The Morgan fingerprint density at radius 1 is 1.40 bits per heavy atom. The first-order valence-corrected chi connectivity index (χ1v) is 8.80. The Hall–Kier alpha value is -2.08. The molecule has 1 amide bonds. The van der Waals surface area contributed by atoms with Crippen molar-refractivity contribution in [1.29, 1.82) is 0 Å². The highest BCUT2D eigenvalue weighted by atomic mass is 35.5. The maximum atomic E-state index is 12.4. The molecule has 1 saturated heterocycles. The van der Waals surface area contributed by atoms with E-state index in [1.54, 1.807) is 11.1 Å². The molecule has 3 rings (SSSR count). The number of aromatic nitrogens is 2. The summed E-state index contributed by atoms with van der Waals surface area (Å²) in [6, 6.07) is 3.82. The van der Waals surface area contributed by atoms with Crippen LogP contribution in [-0.4, -0.2) is 39.7 Å². The Kier molecular flexibility index (Phi) is 4.73. The van der Waals surface area contributed by atoms with Gasteiger partial charge in [-0.25, -0.2) is 14.8 Å². The molecule has 1 aliphatic rings. The fraction of sp³-hybridized carbons (Fsp3) is 0.500. The number of halogens is 1. The lowest BCUT2D eigenvalue weighted by molar-refractivity contribution is 0.0198. The lowest BCUT2D eigenvalue weighted by Crippen LogP contribution is -2.42. The van der Waals surface area contributed by atoms with Gasteiger partial charge in [-0.05, 0) is 51.3 Å². The van der Waals surface area contributed by atoms with Gasteiger partial charge in [0.2, 0.25) is 5.95 Å². The number of hydrogen-bond acceptors (Lipinski definition) is 5. The standard InChI is InChI=1S/C18H23ClN4O2/c1-18(2,3)25-17(24)23-6-4-5-11(10-23)13-8-15-12(7-14(13)19)9-21-16(20)22-15/h7-9,11H,4-6,10H2,1-3H3,(H2,20,21,22). The SMILES string of the molecule is CC(C)(C)OC(=O)N1CCCC(c2cc3nc(N)ncc3cc2Cl)C1. The van der Waals surface area contributed by atoms with E-state index in [0.717, 1.165) is 29.3 Å². The molecule has 1 aromatic carbocycles. The summed E-state index contributed by atoms with van der Waals surface area (Å²) >= 11 is 6.49. The molecule has 1 fully saturated rings. The van der Waals surface area contributed by atoms with E-state index in [1.807, 2.05) is 32.9 Å². The summed E-state index contributed by atoms with van der Waals surface area (Å²) in [4.78, 5) is 22.4. The Bertz CT molecular complexity index is 803. The number of amides is 1. The van der Waals surface area contributed by atoms with Gasteiger partial charge in [0, 0.05) is 35.6 Å². The molecule has 1 aromatic heterocycles. The number of likely N-dealkylation sites (tertiary alicyclic amines) is 1. The van der Waals surface area contributed by atoms with E-state index < -0.39 is 5.60 Å². The molecule has 1 aliphatic heterocycles. The molecule has 0 radical (unpaired) electrons. The first-order chi connectivity index (χ1) is 11.7. The van der Waals surface area contributed by atoms with E-state index in [9.17, 15) is 4.79 Å². The Balaban J connectivity index is 1.85. The average molecular weight is 363 g/mol.